The van der Waals surface area contributed by atoms with E-state index in [9.17, 15) is 19.3 Å². The van der Waals surface area contributed by atoms with Crippen LogP contribution in [0, 0.1) is 17.2 Å². The Labute approximate surface area is 203 Å². The van der Waals surface area contributed by atoms with Crippen LogP contribution in [0.15, 0.2) is 23.4 Å². The third-order valence-electron chi connectivity index (χ3n) is 6.76. The lowest BCUT2D eigenvalue weighted by Crippen LogP contribution is -2.32. The molecule has 2 aromatic rings. The summed E-state index contributed by atoms with van der Waals surface area (Å²) in [6.07, 6.45) is 3.67. The van der Waals surface area contributed by atoms with Crippen LogP contribution in [0.4, 0.5) is 5.69 Å². The smallest absolute Gasteiger partial charge is 0.331 e. The average Bonchev–Trinajstić information content (AvgIpc) is 3.10. The molecule has 0 spiro atoms. The highest BCUT2D eigenvalue weighted by molar-refractivity contribution is 6.00. The van der Waals surface area contributed by atoms with Gasteiger partial charge in [0.25, 0.3) is 5.91 Å². The van der Waals surface area contributed by atoms with Gasteiger partial charge in [-0.15, -0.1) is 0 Å². The number of ether oxygens (including phenoxy) is 1. The number of hydrogen-bond donors (Lipinski definition) is 2. The molecule has 1 aromatic carbocycles. The number of esters is 1. The molecule has 0 saturated heterocycles. The highest BCUT2D eigenvalue weighted by Gasteiger charge is 2.36. The minimum atomic E-state index is -0.611. The van der Waals surface area contributed by atoms with Crippen LogP contribution in [0.3, 0.4) is 0 Å². The first-order valence-corrected chi connectivity index (χ1v) is 11.9. The summed E-state index contributed by atoms with van der Waals surface area (Å²) in [5, 5.41) is 10.7. The van der Waals surface area contributed by atoms with Crippen molar-refractivity contribution in [2.24, 2.45) is 16.3 Å². The van der Waals surface area contributed by atoms with Gasteiger partial charge in [0.2, 0.25) is 0 Å². The summed E-state index contributed by atoms with van der Waals surface area (Å²) in [7, 11) is 0. The maximum Gasteiger partial charge on any atom is 0.331 e. The van der Waals surface area contributed by atoms with Crippen molar-refractivity contribution in [1.29, 1.82) is 0 Å². The van der Waals surface area contributed by atoms with E-state index in [2.05, 4.69) is 29.4 Å². The molecule has 0 aliphatic heterocycles. The number of ketones is 1. The van der Waals surface area contributed by atoms with Crippen molar-refractivity contribution in [1.82, 2.24) is 9.78 Å². The first-order chi connectivity index (χ1) is 16.6. The molecule has 2 aliphatic rings. The lowest BCUT2D eigenvalue weighted by atomic mass is 9.75. The summed E-state index contributed by atoms with van der Waals surface area (Å²) in [6, 6.07) is 5.37. The zero-order valence-electron chi connectivity index (χ0n) is 20.3. The number of benzene rings is 1. The molecule has 1 heterocycles. The van der Waals surface area contributed by atoms with Crippen LogP contribution in [0.2, 0.25) is 0 Å². The fraction of sp³-hybridized carbons (Fsp3) is 0.520. The van der Waals surface area contributed by atoms with Crippen molar-refractivity contribution in [2.75, 3.05) is 11.9 Å². The van der Waals surface area contributed by atoms with E-state index in [1.54, 1.807) is 16.8 Å². The van der Waals surface area contributed by atoms with Gasteiger partial charge in [-0.1, -0.05) is 19.0 Å². The topological polar surface area (TPSA) is 146 Å². The number of carbonyl (C=O) groups excluding carboxylic acids is 3. The van der Waals surface area contributed by atoms with Gasteiger partial charge in [-0.2, -0.15) is 10.0 Å². The third kappa shape index (κ3) is 5.26. The van der Waals surface area contributed by atoms with Gasteiger partial charge in [0.05, 0.1) is 28.2 Å². The number of aryl methyl sites for hydroxylation is 1. The van der Waals surface area contributed by atoms with Crippen molar-refractivity contribution in [3.05, 3.63) is 45.6 Å². The Morgan fingerprint density at radius 3 is 2.60 bits per heavy atom. The van der Waals surface area contributed by atoms with Crippen molar-refractivity contribution in [3.8, 4) is 5.69 Å². The molecule has 0 atom stereocenters. The number of nitroso groups, excluding NO2 is 1. The Morgan fingerprint density at radius 2 is 1.94 bits per heavy atom. The SMILES string of the molecule is Cc1nn(-c2ccc(C(N)=O)c(NC3CCC(OC(=O)CN=O)CC3)c2)c2c1C(=O)CC(C)(C)C2. The van der Waals surface area contributed by atoms with Crippen LogP contribution in [0.25, 0.3) is 5.69 Å². The molecule has 35 heavy (non-hydrogen) atoms. The molecule has 2 aliphatic carbocycles. The molecule has 1 amide bonds. The second-order valence-corrected chi connectivity index (χ2v) is 10.2. The van der Waals surface area contributed by atoms with Gasteiger partial charge in [0, 0.05) is 18.2 Å². The molecule has 0 unspecified atom stereocenters. The minimum Gasteiger partial charge on any atom is -0.461 e. The van der Waals surface area contributed by atoms with E-state index >= 15 is 0 Å². The fourth-order valence-electron chi connectivity index (χ4n) is 5.17. The maximum absolute atomic E-state index is 12.8. The number of nitrogens with one attached hydrogen (secondary N) is 1. The lowest BCUT2D eigenvalue weighted by Gasteiger charge is -2.30. The van der Waals surface area contributed by atoms with E-state index in [1.807, 2.05) is 13.0 Å². The Balaban J connectivity index is 1.57. The number of amides is 1. The summed E-state index contributed by atoms with van der Waals surface area (Å²) in [6.45, 7) is 5.52. The van der Waals surface area contributed by atoms with E-state index in [-0.39, 0.29) is 23.3 Å². The van der Waals surface area contributed by atoms with Crippen LogP contribution in [0.5, 0.6) is 0 Å². The van der Waals surface area contributed by atoms with Crippen LogP contribution in [-0.4, -0.2) is 46.1 Å². The molecule has 186 valence electrons. The molecule has 4 rings (SSSR count). The molecule has 1 fully saturated rings. The Hall–Kier alpha value is -3.56. The number of carbonyl (C=O) groups is 3. The van der Waals surface area contributed by atoms with E-state index in [0.29, 0.717) is 54.6 Å². The Kier molecular flexibility index (Phi) is 6.73. The number of aromatic nitrogens is 2. The summed E-state index contributed by atoms with van der Waals surface area (Å²) in [5.74, 6) is -1.05. The average molecular weight is 482 g/mol. The third-order valence-corrected chi connectivity index (χ3v) is 6.76. The number of nitrogens with two attached hydrogens (primary N) is 1. The number of hydrogen-bond acceptors (Lipinski definition) is 8. The predicted molar refractivity (Wildman–Crippen MR) is 130 cm³/mol. The number of rotatable bonds is 7. The Bertz CT molecular complexity index is 1180. The summed E-state index contributed by atoms with van der Waals surface area (Å²) in [4.78, 5) is 46.7. The van der Waals surface area contributed by atoms with Gasteiger partial charge >= 0.3 is 5.97 Å². The first kappa shape index (κ1) is 24.6. The van der Waals surface area contributed by atoms with Crippen molar-refractivity contribution < 1.29 is 19.1 Å². The standard InChI is InChI=1S/C25H31N5O5/c1-14-23-20(11-25(2,3)12-21(23)31)30(29-14)16-6-9-18(24(26)33)19(10-16)28-15-4-7-17(8-5-15)35-22(32)13-27-34/h6,9-10,15,17,28H,4-5,7-8,11-13H2,1-3H3,(H2,26,33). The number of anilines is 1. The molecule has 3 N–H and O–H groups in total. The highest BCUT2D eigenvalue weighted by Crippen LogP contribution is 2.37. The Morgan fingerprint density at radius 1 is 1.23 bits per heavy atom. The van der Waals surface area contributed by atoms with Gasteiger partial charge in [0.1, 0.15) is 6.10 Å². The second-order valence-electron chi connectivity index (χ2n) is 10.2. The number of primary amides is 1. The van der Waals surface area contributed by atoms with Crippen LogP contribution in [-0.2, 0) is 16.0 Å². The lowest BCUT2D eigenvalue weighted by molar-refractivity contribution is -0.148. The summed E-state index contributed by atoms with van der Waals surface area (Å²) < 4.78 is 7.08. The molecule has 10 heteroatoms. The van der Waals surface area contributed by atoms with Crippen molar-refractivity contribution in [3.63, 3.8) is 0 Å². The zero-order valence-corrected chi connectivity index (χ0v) is 20.3. The fourth-order valence-corrected chi connectivity index (χ4v) is 5.17. The van der Waals surface area contributed by atoms with E-state index in [4.69, 9.17) is 10.5 Å². The number of nitrogens with zero attached hydrogens (tertiary/aromatic N) is 3. The molecular weight excluding hydrogens is 450 g/mol. The first-order valence-electron chi connectivity index (χ1n) is 11.9. The number of Topliss-reactive ketones (excluding diaryl/α,β-unsaturated/α-hetero) is 1. The molecule has 1 aromatic heterocycles. The predicted octanol–water partition coefficient (Wildman–Crippen LogP) is 3.47. The van der Waals surface area contributed by atoms with E-state index < -0.39 is 18.4 Å². The summed E-state index contributed by atoms with van der Waals surface area (Å²) in [5.41, 5.74) is 9.47. The quantitative estimate of drug-likeness (QED) is 0.455. The van der Waals surface area contributed by atoms with Gasteiger partial charge < -0.3 is 15.8 Å². The van der Waals surface area contributed by atoms with E-state index in [0.717, 1.165) is 17.8 Å². The minimum absolute atomic E-state index is 0.0521. The number of fused-ring (bicyclic) bond motifs is 1. The van der Waals surface area contributed by atoms with Gasteiger partial charge in [0.15, 0.2) is 12.3 Å². The van der Waals surface area contributed by atoms with Crippen LogP contribution in [0.1, 0.15) is 78.1 Å². The van der Waals surface area contributed by atoms with Gasteiger partial charge in [-0.05, 0) is 62.6 Å². The molecular formula is C25H31N5O5. The normalized spacial score (nSPS) is 21.2. The van der Waals surface area contributed by atoms with Crippen LogP contribution >= 0.6 is 0 Å². The largest absolute Gasteiger partial charge is 0.461 e. The van der Waals surface area contributed by atoms with E-state index in [1.165, 1.54) is 0 Å². The molecule has 1 saturated carbocycles. The van der Waals surface area contributed by atoms with Gasteiger partial charge in [-0.3, -0.25) is 9.59 Å². The molecule has 10 nitrogen and oxygen atoms in total. The highest BCUT2D eigenvalue weighted by atomic mass is 16.5. The molecule has 0 bridgehead atoms. The van der Waals surface area contributed by atoms with Crippen molar-refractivity contribution >= 4 is 23.3 Å². The van der Waals surface area contributed by atoms with Gasteiger partial charge in [-0.25, -0.2) is 9.48 Å². The van der Waals surface area contributed by atoms with Crippen molar-refractivity contribution in [2.45, 2.75) is 71.4 Å². The monoisotopic (exact) mass is 481 g/mol. The molecule has 0 radical (unpaired) electrons. The zero-order chi connectivity index (χ0) is 25.3. The second kappa shape index (κ2) is 9.59. The summed E-state index contributed by atoms with van der Waals surface area (Å²) >= 11 is 0. The van der Waals surface area contributed by atoms with Crippen LogP contribution < -0.4 is 11.1 Å². The maximum atomic E-state index is 12.8.